The van der Waals surface area contributed by atoms with Crippen LogP contribution < -0.4 is 0 Å². The summed E-state index contributed by atoms with van der Waals surface area (Å²) in [6, 6.07) is 14.8. The monoisotopic (exact) mass is 209 g/mol. The van der Waals surface area contributed by atoms with Gasteiger partial charge in [-0.2, -0.15) is 5.26 Å². The molecule has 0 fully saturated rings. The number of hydrogen-bond acceptors (Lipinski definition) is 2. The highest BCUT2D eigenvalue weighted by Crippen LogP contribution is 2.25. The molecule has 2 rings (SSSR count). The van der Waals surface area contributed by atoms with Crippen molar-refractivity contribution in [3.05, 3.63) is 53.6 Å². The lowest BCUT2D eigenvalue weighted by Crippen LogP contribution is -1.81. The zero-order valence-electron chi connectivity index (χ0n) is 8.94. The van der Waals surface area contributed by atoms with E-state index < -0.39 is 0 Å². The Bertz CT molecular complexity index is 530. The third-order valence-corrected chi connectivity index (χ3v) is 2.41. The topological polar surface area (TPSA) is 44.0 Å². The smallest absolute Gasteiger partial charge is 0.116 e. The quantitative estimate of drug-likeness (QED) is 0.783. The molecule has 0 spiro atoms. The van der Waals surface area contributed by atoms with Crippen molar-refractivity contribution in [2.75, 3.05) is 0 Å². The minimum Gasteiger partial charge on any atom is -0.508 e. The Labute approximate surface area is 94.4 Å². The van der Waals surface area contributed by atoms with Crippen LogP contribution in [0.5, 0.6) is 5.75 Å². The zero-order chi connectivity index (χ0) is 11.5. The summed E-state index contributed by atoms with van der Waals surface area (Å²) in [5.41, 5.74) is 3.61. The first-order chi connectivity index (χ1) is 7.69. The van der Waals surface area contributed by atoms with E-state index in [0.29, 0.717) is 5.56 Å². The summed E-state index contributed by atoms with van der Waals surface area (Å²) in [7, 11) is 0. The van der Waals surface area contributed by atoms with Gasteiger partial charge in [0.2, 0.25) is 0 Å². The van der Waals surface area contributed by atoms with E-state index in [0.717, 1.165) is 16.7 Å². The van der Waals surface area contributed by atoms with Crippen molar-refractivity contribution >= 4 is 0 Å². The number of nitriles is 1. The minimum atomic E-state index is 0.263. The predicted molar refractivity (Wildman–Crippen MR) is 63.0 cm³/mol. The van der Waals surface area contributed by atoms with Crippen LogP contribution in [0.1, 0.15) is 11.1 Å². The standard InChI is InChI=1S/C14H11NO/c1-10-6-13(8-14(16)7-10)12-4-2-11(9-15)3-5-12/h2-8,16H,1H3. The number of hydrogen-bond donors (Lipinski definition) is 1. The predicted octanol–water partition coefficient (Wildman–Crippen LogP) is 3.24. The highest BCUT2D eigenvalue weighted by atomic mass is 16.3. The Balaban J connectivity index is 2.47. The van der Waals surface area contributed by atoms with Crippen LogP contribution in [0.2, 0.25) is 0 Å². The van der Waals surface area contributed by atoms with E-state index in [-0.39, 0.29) is 5.75 Å². The van der Waals surface area contributed by atoms with Crippen LogP contribution in [-0.4, -0.2) is 5.11 Å². The summed E-state index contributed by atoms with van der Waals surface area (Å²) in [5.74, 6) is 0.263. The molecule has 78 valence electrons. The van der Waals surface area contributed by atoms with Crippen LogP contribution in [0.3, 0.4) is 0 Å². The molecule has 0 aliphatic heterocycles. The highest BCUT2D eigenvalue weighted by Gasteiger charge is 2.00. The lowest BCUT2D eigenvalue weighted by Gasteiger charge is -2.04. The van der Waals surface area contributed by atoms with Crippen LogP contribution >= 0.6 is 0 Å². The molecular formula is C14H11NO. The van der Waals surface area contributed by atoms with Crippen molar-refractivity contribution in [2.24, 2.45) is 0 Å². The lowest BCUT2D eigenvalue weighted by atomic mass is 10.0. The maximum atomic E-state index is 9.50. The van der Waals surface area contributed by atoms with Gasteiger partial charge < -0.3 is 5.11 Å². The Morgan fingerprint density at radius 3 is 2.25 bits per heavy atom. The van der Waals surface area contributed by atoms with Crippen LogP contribution in [0, 0.1) is 18.3 Å². The fourth-order valence-electron chi connectivity index (χ4n) is 1.67. The van der Waals surface area contributed by atoms with Crippen molar-refractivity contribution in [3.63, 3.8) is 0 Å². The third-order valence-electron chi connectivity index (χ3n) is 2.41. The van der Waals surface area contributed by atoms with E-state index in [9.17, 15) is 5.11 Å². The SMILES string of the molecule is Cc1cc(O)cc(-c2ccc(C#N)cc2)c1. The fraction of sp³-hybridized carbons (Fsp3) is 0.0714. The number of phenolic OH excluding ortho intramolecular Hbond substituents is 1. The minimum absolute atomic E-state index is 0.263. The van der Waals surface area contributed by atoms with Gasteiger partial charge in [-0.1, -0.05) is 18.2 Å². The van der Waals surface area contributed by atoms with E-state index in [1.807, 2.05) is 25.1 Å². The molecule has 0 unspecified atom stereocenters. The summed E-state index contributed by atoms with van der Waals surface area (Å²) in [5, 5.41) is 18.2. The van der Waals surface area contributed by atoms with E-state index >= 15 is 0 Å². The Kier molecular flexibility index (Phi) is 2.61. The number of benzene rings is 2. The van der Waals surface area contributed by atoms with Gasteiger partial charge in [0.15, 0.2) is 0 Å². The molecule has 0 radical (unpaired) electrons. The van der Waals surface area contributed by atoms with Gasteiger partial charge in [-0.05, 0) is 47.9 Å². The average Bonchev–Trinajstić information content (AvgIpc) is 2.28. The maximum Gasteiger partial charge on any atom is 0.116 e. The van der Waals surface area contributed by atoms with Gasteiger partial charge in [0.05, 0.1) is 11.6 Å². The van der Waals surface area contributed by atoms with Gasteiger partial charge >= 0.3 is 0 Å². The molecule has 0 atom stereocenters. The molecule has 2 heteroatoms. The lowest BCUT2D eigenvalue weighted by molar-refractivity contribution is 0.475. The molecule has 0 heterocycles. The summed E-state index contributed by atoms with van der Waals surface area (Å²) in [4.78, 5) is 0. The van der Waals surface area contributed by atoms with Crippen molar-refractivity contribution in [1.29, 1.82) is 5.26 Å². The van der Waals surface area contributed by atoms with E-state index in [4.69, 9.17) is 5.26 Å². The molecule has 0 aliphatic rings. The first-order valence-electron chi connectivity index (χ1n) is 5.00. The van der Waals surface area contributed by atoms with Crippen molar-refractivity contribution < 1.29 is 5.11 Å². The Morgan fingerprint density at radius 1 is 1.00 bits per heavy atom. The van der Waals surface area contributed by atoms with Gasteiger partial charge in [0, 0.05) is 0 Å². The third kappa shape index (κ3) is 2.04. The molecule has 0 saturated carbocycles. The molecule has 0 aromatic heterocycles. The first kappa shape index (κ1) is 10.3. The molecule has 0 bridgehead atoms. The normalized spacial score (nSPS) is 9.75. The molecule has 2 nitrogen and oxygen atoms in total. The Morgan fingerprint density at radius 2 is 1.69 bits per heavy atom. The fourth-order valence-corrected chi connectivity index (χ4v) is 1.67. The summed E-state index contributed by atoms with van der Waals surface area (Å²) in [6.07, 6.45) is 0. The second-order valence-corrected chi connectivity index (χ2v) is 3.75. The van der Waals surface area contributed by atoms with E-state index in [2.05, 4.69) is 6.07 Å². The summed E-state index contributed by atoms with van der Waals surface area (Å²) < 4.78 is 0. The average molecular weight is 209 g/mol. The molecule has 16 heavy (non-hydrogen) atoms. The van der Waals surface area contributed by atoms with Crippen LogP contribution in [0.15, 0.2) is 42.5 Å². The molecule has 2 aromatic carbocycles. The number of rotatable bonds is 1. The van der Waals surface area contributed by atoms with Gasteiger partial charge in [-0.15, -0.1) is 0 Å². The van der Waals surface area contributed by atoms with Crippen LogP contribution in [0.4, 0.5) is 0 Å². The van der Waals surface area contributed by atoms with Gasteiger partial charge in [0.1, 0.15) is 5.75 Å². The Hall–Kier alpha value is -2.27. The van der Waals surface area contributed by atoms with Crippen molar-refractivity contribution in [1.82, 2.24) is 0 Å². The highest BCUT2D eigenvalue weighted by molar-refractivity contribution is 5.66. The number of aryl methyl sites for hydroxylation is 1. The van der Waals surface area contributed by atoms with Gasteiger partial charge in [-0.3, -0.25) is 0 Å². The first-order valence-corrected chi connectivity index (χ1v) is 5.00. The van der Waals surface area contributed by atoms with Gasteiger partial charge in [-0.25, -0.2) is 0 Å². The molecule has 0 amide bonds. The van der Waals surface area contributed by atoms with E-state index in [1.165, 1.54) is 0 Å². The molecule has 0 aliphatic carbocycles. The number of nitrogens with zero attached hydrogens (tertiary/aromatic N) is 1. The zero-order valence-corrected chi connectivity index (χ0v) is 8.94. The van der Waals surface area contributed by atoms with E-state index in [1.54, 1.807) is 24.3 Å². The van der Waals surface area contributed by atoms with Crippen LogP contribution in [0.25, 0.3) is 11.1 Å². The summed E-state index contributed by atoms with van der Waals surface area (Å²) in [6.45, 7) is 1.94. The van der Waals surface area contributed by atoms with Crippen molar-refractivity contribution in [3.8, 4) is 22.9 Å². The van der Waals surface area contributed by atoms with Gasteiger partial charge in [0.25, 0.3) is 0 Å². The second-order valence-electron chi connectivity index (χ2n) is 3.75. The van der Waals surface area contributed by atoms with Crippen molar-refractivity contribution in [2.45, 2.75) is 6.92 Å². The molecule has 2 aromatic rings. The number of aromatic hydroxyl groups is 1. The second kappa shape index (κ2) is 4.08. The van der Waals surface area contributed by atoms with Crippen LogP contribution in [-0.2, 0) is 0 Å². The molecule has 0 saturated heterocycles. The largest absolute Gasteiger partial charge is 0.508 e. The number of phenols is 1. The molecular weight excluding hydrogens is 198 g/mol. The maximum absolute atomic E-state index is 9.50. The molecule has 1 N–H and O–H groups in total. The summed E-state index contributed by atoms with van der Waals surface area (Å²) >= 11 is 0.